The zero-order valence-corrected chi connectivity index (χ0v) is 5.06. The number of hydrogen-bond donors (Lipinski definition) is 0. The Bertz CT molecular complexity index is 11.6. The third kappa shape index (κ3) is 8.82. The normalized spacial score (nSPS) is 0. The number of hydrogen-bond acceptors (Lipinski definition) is 0. The van der Waals surface area contributed by atoms with E-state index >= 15 is 0 Å². The minimum atomic E-state index is 0. The molecule has 4 heteroatoms. The molecule has 0 radical (unpaired) electrons. The van der Waals surface area contributed by atoms with Crippen LogP contribution in [0.4, 0.5) is 0 Å². The van der Waals surface area contributed by atoms with Gasteiger partial charge in [0, 0.05) is 21.7 Å². The fourth-order valence-electron chi connectivity index (χ4n) is 0. The van der Waals surface area contributed by atoms with E-state index in [1.54, 1.807) is 0 Å². The van der Waals surface area contributed by atoms with Crippen molar-refractivity contribution < 1.29 is 52.7 Å². The molecule has 0 aromatic carbocycles. The molecule has 0 heterocycles. The summed E-state index contributed by atoms with van der Waals surface area (Å²) in [5.74, 6) is 0. The Balaban J connectivity index is 0. The van der Waals surface area contributed by atoms with Gasteiger partial charge in [0.15, 0.2) is 17.4 Å². The van der Waals surface area contributed by atoms with Crippen LogP contribution < -0.4 is 29.6 Å². The Labute approximate surface area is 79.9 Å². The van der Waals surface area contributed by atoms with Gasteiger partial charge in [-0.25, -0.2) is 0 Å². The van der Waals surface area contributed by atoms with E-state index in [0.29, 0.717) is 0 Å². The minimum absolute atomic E-state index is 0. The molecule has 0 spiro atoms. The third-order valence-corrected chi connectivity index (χ3v) is 0. The van der Waals surface area contributed by atoms with Gasteiger partial charge in [-0.05, 0) is 11.0 Å². The fourth-order valence-corrected chi connectivity index (χ4v) is 0. The molecule has 0 nitrogen and oxygen atoms in total. The smallest absolute Gasteiger partial charge is 1.00 e. The molecule has 0 saturated heterocycles. The second-order valence-corrected chi connectivity index (χ2v) is 0. The summed E-state index contributed by atoms with van der Waals surface area (Å²) in [6.07, 6.45) is 0. The summed E-state index contributed by atoms with van der Waals surface area (Å²) in [6.45, 7) is 0. The van der Waals surface area contributed by atoms with Crippen LogP contribution in [-0.4, -0.2) is 28.3 Å². The van der Waals surface area contributed by atoms with Crippen LogP contribution in [0.5, 0.6) is 0 Å². The minimum Gasteiger partial charge on any atom is -1.00 e. The molecule has 0 N–H and O–H groups in total. The first-order valence-corrected chi connectivity index (χ1v) is 0. The van der Waals surface area contributed by atoms with Crippen molar-refractivity contribution in [1.29, 1.82) is 0 Å². The second-order valence-electron chi connectivity index (χ2n) is 0. The first-order chi connectivity index (χ1) is 0. The van der Waals surface area contributed by atoms with Gasteiger partial charge in [-0.3, -0.25) is 0 Å². The van der Waals surface area contributed by atoms with Crippen molar-refractivity contribution in [3.05, 3.63) is 0 Å². The topological polar surface area (TPSA) is 0 Å². The van der Waals surface area contributed by atoms with Crippen LogP contribution in [0.2, 0.25) is 0 Å². The van der Waals surface area contributed by atoms with Crippen molar-refractivity contribution >= 4 is 28.3 Å². The van der Waals surface area contributed by atoms with E-state index in [-0.39, 0.29) is 81.0 Å². The van der Waals surface area contributed by atoms with Gasteiger partial charge in [0.1, 0.15) is 0 Å². The third-order valence-electron chi connectivity index (χ3n) is 0. The van der Waals surface area contributed by atoms with Gasteiger partial charge in [0.25, 0.3) is 0 Å². The molecule has 0 atom stereocenters. The van der Waals surface area contributed by atoms with Gasteiger partial charge in [-0.1, -0.05) is 0 Å². The summed E-state index contributed by atoms with van der Waals surface area (Å²) in [4.78, 5) is 0. The molecule has 0 aromatic rings. The zero-order chi connectivity index (χ0) is 0. The van der Waals surface area contributed by atoms with E-state index in [4.69, 9.17) is 0 Å². The Morgan fingerprint density at radius 1 is 1.25 bits per heavy atom. The van der Waals surface area contributed by atoms with E-state index in [9.17, 15) is 0 Å². The van der Waals surface area contributed by atoms with Crippen LogP contribution >= 0.6 is 0 Å². The maximum Gasteiger partial charge on any atom is 1.00 e. The van der Waals surface area contributed by atoms with E-state index in [0.717, 1.165) is 0 Å². The molecular formula is H8AlNaSiTi. The maximum absolute atomic E-state index is 0. The molecule has 0 bridgehead atoms. The van der Waals surface area contributed by atoms with Crippen LogP contribution in [0.15, 0.2) is 0 Å². The molecule has 0 aromatic heterocycles. The Morgan fingerprint density at radius 2 is 1.25 bits per heavy atom. The van der Waals surface area contributed by atoms with Crippen molar-refractivity contribution in [2.75, 3.05) is 0 Å². The summed E-state index contributed by atoms with van der Waals surface area (Å²) < 4.78 is 0. The average Bonchev–Trinajstić information content (AvgIpc) is 0. The Kier molecular flexibility index (Phi) is 143. The van der Waals surface area contributed by atoms with Crippen LogP contribution in [-0.2, 0) is 21.7 Å². The van der Waals surface area contributed by atoms with Crippen LogP contribution in [0.25, 0.3) is 0 Å². The SMILES string of the molecule is [AlH3].[H-].[Na+].[SiH4].[Ti]. The largest absolute Gasteiger partial charge is 1.00 e. The van der Waals surface area contributed by atoms with Crippen molar-refractivity contribution in [2.45, 2.75) is 0 Å². The van der Waals surface area contributed by atoms with Gasteiger partial charge in [0.05, 0.1) is 0 Å². The second kappa shape index (κ2) is 17.9. The molecule has 0 amide bonds. The first-order valence-electron chi connectivity index (χ1n) is 0. The Morgan fingerprint density at radius 3 is 1.25 bits per heavy atom. The first kappa shape index (κ1) is 31.8. The standard InChI is InChI=1S/Al.Na.H4Si.Ti.4H/h;;1H4;;;;;/q;+1;;;;;;-1. The van der Waals surface area contributed by atoms with Gasteiger partial charge < -0.3 is 1.43 Å². The maximum atomic E-state index is 0. The van der Waals surface area contributed by atoms with E-state index in [1.165, 1.54) is 0 Å². The number of rotatable bonds is 0. The predicted molar refractivity (Wildman–Crippen MR) is 22.4 cm³/mol. The average molecular weight is 134 g/mol. The molecule has 0 aliphatic heterocycles. The molecule has 0 aliphatic carbocycles. The van der Waals surface area contributed by atoms with Crippen molar-refractivity contribution in [1.82, 2.24) is 0 Å². The van der Waals surface area contributed by atoms with E-state index < -0.39 is 0 Å². The van der Waals surface area contributed by atoms with E-state index in [1.807, 2.05) is 0 Å². The van der Waals surface area contributed by atoms with Crippen molar-refractivity contribution in [3.8, 4) is 0 Å². The quantitative estimate of drug-likeness (QED) is 0.290. The molecular weight excluding hydrogens is 126 g/mol. The van der Waals surface area contributed by atoms with Crippen molar-refractivity contribution in [3.63, 3.8) is 0 Å². The molecule has 4 heavy (non-hydrogen) atoms. The van der Waals surface area contributed by atoms with Gasteiger partial charge in [0.2, 0.25) is 0 Å². The summed E-state index contributed by atoms with van der Waals surface area (Å²) >= 11 is 0. The molecule has 0 aliphatic rings. The van der Waals surface area contributed by atoms with Gasteiger partial charge >= 0.3 is 29.6 Å². The van der Waals surface area contributed by atoms with Gasteiger partial charge in [-0.15, -0.1) is 0 Å². The fraction of sp³-hybridized carbons (Fsp3) is 0. The predicted octanol–water partition coefficient (Wildman–Crippen LogP) is -5.52. The van der Waals surface area contributed by atoms with Gasteiger partial charge in [-0.2, -0.15) is 0 Å². The molecule has 0 fully saturated rings. The van der Waals surface area contributed by atoms with E-state index in [2.05, 4.69) is 0 Å². The van der Waals surface area contributed by atoms with Crippen LogP contribution in [0.1, 0.15) is 1.43 Å². The van der Waals surface area contributed by atoms with Crippen LogP contribution in [0, 0.1) is 0 Å². The molecule has 0 saturated carbocycles. The summed E-state index contributed by atoms with van der Waals surface area (Å²) in [7, 11) is 0. The summed E-state index contributed by atoms with van der Waals surface area (Å²) in [6, 6.07) is 0. The summed E-state index contributed by atoms with van der Waals surface area (Å²) in [5, 5.41) is 0. The molecule has 0 rings (SSSR count). The molecule has 0 unspecified atom stereocenters. The zero-order valence-electron chi connectivity index (χ0n) is 2.50. The monoisotopic (exact) mass is 134 g/mol. The van der Waals surface area contributed by atoms with Crippen molar-refractivity contribution in [2.24, 2.45) is 0 Å². The Hall–Kier alpha value is 2.46. The molecule has 20 valence electrons. The van der Waals surface area contributed by atoms with Crippen LogP contribution in [0.3, 0.4) is 0 Å². The summed E-state index contributed by atoms with van der Waals surface area (Å²) in [5.41, 5.74) is 0.